The highest BCUT2D eigenvalue weighted by atomic mass is 16.2. The Labute approximate surface area is 115 Å². The highest BCUT2D eigenvalue weighted by Crippen LogP contribution is 2.17. The lowest BCUT2D eigenvalue weighted by atomic mass is 10.0. The van der Waals surface area contributed by atoms with Crippen LogP contribution in [0, 0.1) is 0 Å². The van der Waals surface area contributed by atoms with E-state index in [0.29, 0.717) is 17.8 Å². The molecule has 1 aromatic carbocycles. The van der Waals surface area contributed by atoms with Crippen molar-refractivity contribution in [3.05, 3.63) is 62.3 Å². The fraction of sp³-hybridized carbons (Fsp3) is 0.214. The Hall–Kier alpha value is -2.63. The number of rotatable bonds is 1. The quantitative estimate of drug-likeness (QED) is 0.818. The summed E-state index contributed by atoms with van der Waals surface area (Å²) in [6.07, 6.45) is 0.410. The van der Waals surface area contributed by atoms with E-state index in [4.69, 9.17) is 0 Å². The summed E-state index contributed by atoms with van der Waals surface area (Å²) in [5.74, 6) is 0.470. The number of nitrogens with zero attached hydrogens (tertiary/aromatic N) is 3. The predicted octanol–water partition coefficient (Wildman–Crippen LogP) is 0.456. The zero-order valence-electron chi connectivity index (χ0n) is 11.3. The molecule has 6 nitrogen and oxygen atoms in total. The van der Waals surface area contributed by atoms with Crippen LogP contribution in [0.25, 0.3) is 0 Å². The Morgan fingerprint density at radius 2 is 1.80 bits per heavy atom. The number of hydrogen-bond donors (Lipinski definition) is 1. The van der Waals surface area contributed by atoms with Gasteiger partial charge >= 0.3 is 5.69 Å². The standard InChI is InChI=1S/C14H14N4O2/c1-17-12-10(13(19)18(2)14(17)20)8-11(15-16-12)9-6-4-3-5-7-9/h3-7,16H,8H2,1-2H3. The van der Waals surface area contributed by atoms with Crippen LogP contribution in [0.3, 0.4) is 0 Å². The van der Waals surface area contributed by atoms with Crippen molar-refractivity contribution in [2.24, 2.45) is 19.2 Å². The topological polar surface area (TPSA) is 68.4 Å². The molecule has 1 N–H and O–H groups in total. The van der Waals surface area contributed by atoms with Gasteiger partial charge in [-0.1, -0.05) is 30.3 Å². The monoisotopic (exact) mass is 270 g/mol. The molecule has 0 spiro atoms. The lowest BCUT2D eigenvalue weighted by Gasteiger charge is -2.19. The van der Waals surface area contributed by atoms with Gasteiger partial charge in [0.15, 0.2) is 0 Å². The van der Waals surface area contributed by atoms with Crippen molar-refractivity contribution in [3.8, 4) is 0 Å². The molecule has 0 bridgehead atoms. The van der Waals surface area contributed by atoms with Crippen molar-refractivity contribution in [1.29, 1.82) is 0 Å². The van der Waals surface area contributed by atoms with Crippen LogP contribution in [0.15, 0.2) is 45.0 Å². The van der Waals surface area contributed by atoms with E-state index in [9.17, 15) is 9.59 Å². The highest BCUT2D eigenvalue weighted by molar-refractivity contribution is 6.03. The fourth-order valence-electron chi connectivity index (χ4n) is 2.34. The van der Waals surface area contributed by atoms with Gasteiger partial charge in [-0.3, -0.25) is 19.4 Å². The Morgan fingerprint density at radius 3 is 2.50 bits per heavy atom. The van der Waals surface area contributed by atoms with Crippen LogP contribution < -0.4 is 16.7 Å². The molecule has 2 heterocycles. The van der Waals surface area contributed by atoms with Gasteiger partial charge in [0, 0.05) is 20.5 Å². The van der Waals surface area contributed by atoms with Gasteiger partial charge in [0.25, 0.3) is 5.56 Å². The van der Waals surface area contributed by atoms with Crippen molar-refractivity contribution < 1.29 is 0 Å². The Balaban J connectivity index is 2.14. The maximum atomic E-state index is 12.2. The molecule has 0 saturated heterocycles. The summed E-state index contributed by atoms with van der Waals surface area (Å²) < 4.78 is 2.52. The van der Waals surface area contributed by atoms with Crippen LogP contribution in [0.1, 0.15) is 11.1 Å². The van der Waals surface area contributed by atoms with E-state index in [0.717, 1.165) is 15.8 Å². The molecule has 3 rings (SSSR count). The van der Waals surface area contributed by atoms with Gasteiger partial charge in [-0.15, -0.1) is 0 Å². The van der Waals surface area contributed by atoms with E-state index in [2.05, 4.69) is 10.5 Å². The summed E-state index contributed by atoms with van der Waals surface area (Å²) in [6.45, 7) is 0. The van der Waals surface area contributed by atoms with Gasteiger partial charge in [-0.25, -0.2) is 4.79 Å². The minimum Gasteiger partial charge on any atom is -0.281 e. The lowest BCUT2D eigenvalue weighted by Crippen LogP contribution is -2.41. The number of hydrogen-bond acceptors (Lipinski definition) is 4. The summed E-state index contributed by atoms with van der Waals surface area (Å²) in [5, 5.41) is 4.27. The molecule has 1 aromatic heterocycles. The first-order valence-corrected chi connectivity index (χ1v) is 6.26. The van der Waals surface area contributed by atoms with E-state index < -0.39 is 0 Å². The van der Waals surface area contributed by atoms with E-state index in [1.54, 1.807) is 7.05 Å². The summed E-state index contributed by atoms with van der Waals surface area (Å²) in [6, 6.07) is 9.66. The van der Waals surface area contributed by atoms with E-state index in [1.165, 1.54) is 11.6 Å². The van der Waals surface area contributed by atoms with Crippen LogP contribution in [-0.2, 0) is 20.5 Å². The fourth-order valence-corrected chi connectivity index (χ4v) is 2.34. The molecule has 102 valence electrons. The molecule has 0 radical (unpaired) electrons. The van der Waals surface area contributed by atoms with Crippen molar-refractivity contribution in [2.45, 2.75) is 6.42 Å². The van der Waals surface area contributed by atoms with E-state index >= 15 is 0 Å². The van der Waals surface area contributed by atoms with Gasteiger partial charge in [0.2, 0.25) is 0 Å². The molecule has 2 aromatic rings. The number of aromatic nitrogens is 2. The molecule has 6 heteroatoms. The van der Waals surface area contributed by atoms with Crippen molar-refractivity contribution in [1.82, 2.24) is 9.13 Å². The second-order valence-electron chi connectivity index (χ2n) is 4.75. The number of fused-ring (bicyclic) bond motifs is 1. The minimum atomic E-state index is -0.361. The van der Waals surface area contributed by atoms with Gasteiger partial charge in [0.1, 0.15) is 5.82 Å². The highest BCUT2D eigenvalue weighted by Gasteiger charge is 2.21. The maximum absolute atomic E-state index is 12.2. The molecule has 20 heavy (non-hydrogen) atoms. The average Bonchev–Trinajstić information content (AvgIpc) is 2.51. The van der Waals surface area contributed by atoms with Gasteiger partial charge < -0.3 is 0 Å². The van der Waals surface area contributed by atoms with E-state index in [-0.39, 0.29) is 11.2 Å². The SMILES string of the molecule is Cn1c2c(c(=O)n(C)c1=O)CC(c1ccccc1)=NN2. The zero-order chi connectivity index (χ0) is 14.3. The normalized spacial score (nSPS) is 13.4. The van der Waals surface area contributed by atoms with E-state index in [1.807, 2.05) is 30.3 Å². The molecule has 0 fully saturated rings. The summed E-state index contributed by atoms with van der Waals surface area (Å²) in [7, 11) is 3.11. The van der Waals surface area contributed by atoms with Crippen LogP contribution in [0.2, 0.25) is 0 Å². The molecule has 0 atom stereocenters. The average molecular weight is 270 g/mol. The Morgan fingerprint density at radius 1 is 1.10 bits per heavy atom. The second-order valence-corrected chi connectivity index (χ2v) is 4.75. The van der Waals surface area contributed by atoms with Crippen LogP contribution >= 0.6 is 0 Å². The first kappa shape index (κ1) is 12.4. The van der Waals surface area contributed by atoms with Crippen LogP contribution in [0.5, 0.6) is 0 Å². The summed E-state index contributed by atoms with van der Waals surface area (Å²) in [4.78, 5) is 24.1. The number of nitrogens with one attached hydrogen (secondary N) is 1. The molecule has 0 aliphatic carbocycles. The first-order valence-electron chi connectivity index (χ1n) is 6.26. The van der Waals surface area contributed by atoms with Gasteiger partial charge in [-0.2, -0.15) is 5.10 Å². The minimum absolute atomic E-state index is 0.279. The van der Waals surface area contributed by atoms with Crippen LogP contribution in [0.4, 0.5) is 5.82 Å². The lowest BCUT2D eigenvalue weighted by molar-refractivity contribution is 0.676. The molecule has 0 unspecified atom stereocenters. The maximum Gasteiger partial charge on any atom is 0.332 e. The molecule has 0 amide bonds. The third-order valence-corrected chi connectivity index (χ3v) is 3.51. The molecular formula is C14H14N4O2. The second kappa shape index (κ2) is 4.48. The van der Waals surface area contributed by atoms with Gasteiger partial charge in [-0.05, 0) is 5.56 Å². The van der Waals surface area contributed by atoms with Gasteiger partial charge in [0.05, 0.1) is 11.3 Å². The number of benzene rings is 1. The third kappa shape index (κ3) is 1.77. The first-order chi connectivity index (χ1) is 9.59. The Bertz CT molecular complexity index is 816. The summed E-state index contributed by atoms with van der Waals surface area (Å²) in [5.41, 5.74) is 4.49. The molecule has 0 saturated carbocycles. The predicted molar refractivity (Wildman–Crippen MR) is 77.2 cm³/mol. The number of anilines is 1. The van der Waals surface area contributed by atoms with Crippen molar-refractivity contribution in [3.63, 3.8) is 0 Å². The van der Waals surface area contributed by atoms with Crippen molar-refractivity contribution in [2.75, 3.05) is 5.43 Å². The molecule has 1 aliphatic heterocycles. The third-order valence-electron chi connectivity index (χ3n) is 3.51. The molecule has 1 aliphatic rings. The number of hydrazone groups is 1. The Kier molecular flexibility index (Phi) is 2.78. The largest absolute Gasteiger partial charge is 0.332 e. The van der Waals surface area contributed by atoms with Crippen molar-refractivity contribution >= 4 is 11.5 Å². The van der Waals surface area contributed by atoms with Crippen LogP contribution in [-0.4, -0.2) is 14.8 Å². The summed E-state index contributed by atoms with van der Waals surface area (Å²) >= 11 is 0. The zero-order valence-corrected chi connectivity index (χ0v) is 11.3. The smallest absolute Gasteiger partial charge is 0.281 e. The molecular weight excluding hydrogens is 256 g/mol.